The molecule has 0 spiro atoms. The predicted octanol–water partition coefficient (Wildman–Crippen LogP) is 5.67. The van der Waals surface area contributed by atoms with Gasteiger partial charge in [-0.15, -0.1) is 0 Å². The molecule has 0 saturated heterocycles. The zero-order valence-corrected chi connectivity index (χ0v) is 17.0. The highest BCUT2D eigenvalue weighted by molar-refractivity contribution is 5.47. The number of nitrogens with one attached hydrogen (secondary N) is 1. The molecule has 4 nitrogen and oxygen atoms in total. The lowest BCUT2D eigenvalue weighted by atomic mass is 9.87. The van der Waals surface area contributed by atoms with E-state index in [4.69, 9.17) is 14.2 Å². The fourth-order valence-electron chi connectivity index (χ4n) is 3.71. The van der Waals surface area contributed by atoms with Crippen LogP contribution in [-0.4, -0.2) is 26.9 Å². The molecule has 1 N–H and O–H groups in total. The summed E-state index contributed by atoms with van der Waals surface area (Å²) < 4.78 is 16.8. The summed E-state index contributed by atoms with van der Waals surface area (Å²) in [6.07, 6.45) is 8.14. The van der Waals surface area contributed by atoms with Gasteiger partial charge in [-0.3, -0.25) is 0 Å². The van der Waals surface area contributed by atoms with Crippen LogP contribution in [0.2, 0.25) is 0 Å². The summed E-state index contributed by atoms with van der Waals surface area (Å²) in [7, 11) is 1.68. The maximum absolute atomic E-state index is 5.94. The van der Waals surface area contributed by atoms with Crippen LogP contribution in [0.25, 0.3) is 0 Å². The minimum Gasteiger partial charge on any atom is -0.494 e. The lowest BCUT2D eigenvalue weighted by molar-refractivity contribution is 0.146. The molecule has 28 heavy (non-hydrogen) atoms. The molecule has 0 atom stereocenters. The van der Waals surface area contributed by atoms with E-state index in [1.807, 2.05) is 30.3 Å². The van der Waals surface area contributed by atoms with Gasteiger partial charge in [-0.1, -0.05) is 50.3 Å². The largest absolute Gasteiger partial charge is 0.494 e. The number of para-hydroxylation sites is 1. The van der Waals surface area contributed by atoms with Crippen LogP contribution in [0.1, 0.15) is 44.1 Å². The van der Waals surface area contributed by atoms with Crippen molar-refractivity contribution in [3.8, 4) is 11.5 Å². The second-order valence-electron chi connectivity index (χ2n) is 7.47. The number of hydrogen-bond acceptors (Lipinski definition) is 4. The van der Waals surface area contributed by atoms with E-state index in [0.717, 1.165) is 35.3 Å². The minimum absolute atomic E-state index is 0.556. The van der Waals surface area contributed by atoms with Crippen LogP contribution < -0.4 is 14.8 Å². The molecule has 2 aromatic rings. The van der Waals surface area contributed by atoms with Gasteiger partial charge >= 0.3 is 0 Å². The van der Waals surface area contributed by atoms with Gasteiger partial charge in [0.2, 0.25) is 0 Å². The smallest absolute Gasteiger partial charge is 0.124 e. The van der Waals surface area contributed by atoms with Crippen LogP contribution in [0.4, 0.5) is 5.69 Å². The molecule has 1 fully saturated rings. The Hall–Kier alpha value is -2.20. The highest BCUT2D eigenvalue weighted by Crippen LogP contribution is 2.27. The molecule has 1 aliphatic rings. The molecule has 0 unspecified atom stereocenters. The Labute approximate surface area is 169 Å². The number of benzene rings is 2. The van der Waals surface area contributed by atoms with Crippen molar-refractivity contribution in [2.75, 3.05) is 32.2 Å². The van der Waals surface area contributed by atoms with Crippen LogP contribution in [0.3, 0.4) is 0 Å². The Bertz CT molecular complexity index is 681. The van der Waals surface area contributed by atoms with E-state index in [1.54, 1.807) is 7.11 Å². The molecule has 0 heterocycles. The van der Waals surface area contributed by atoms with E-state index in [1.165, 1.54) is 38.5 Å². The van der Waals surface area contributed by atoms with Crippen molar-refractivity contribution >= 4 is 5.69 Å². The van der Waals surface area contributed by atoms with E-state index < -0.39 is 0 Å². The van der Waals surface area contributed by atoms with Crippen molar-refractivity contribution in [3.63, 3.8) is 0 Å². The average Bonchev–Trinajstić information content (AvgIpc) is 2.75. The topological polar surface area (TPSA) is 39.7 Å². The summed E-state index contributed by atoms with van der Waals surface area (Å²) in [5.74, 6) is 2.71. The van der Waals surface area contributed by atoms with Crippen molar-refractivity contribution in [3.05, 3.63) is 54.1 Å². The lowest BCUT2D eigenvalue weighted by Crippen LogP contribution is -2.10. The second-order valence-corrected chi connectivity index (χ2v) is 7.47. The zero-order chi connectivity index (χ0) is 19.4. The summed E-state index contributed by atoms with van der Waals surface area (Å²) >= 11 is 0. The van der Waals surface area contributed by atoms with Gasteiger partial charge in [-0.2, -0.15) is 0 Å². The number of anilines is 1. The van der Waals surface area contributed by atoms with Crippen LogP contribution in [0.15, 0.2) is 48.5 Å². The molecule has 0 amide bonds. The van der Waals surface area contributed by atoms with Crippen molar-refractivity contribution in [1.29, 1.82) is 0 Å². The third-order valence-electron chi connectivity index (χ3n) is 5.37. The summed E-state index contributed by atoms with van der Waals surface area (Å²) in [4.78, 5) is 0. The van der Waals surface area contributed by atoms with Gasteiger partial charge in [-0.25, -0.2) is 0 Å². The van der Waals surface area contributed by atoms with Crippen LogP contribution in [0.5, 0.6) is 11.5 Å². The summed E-state index contributed by atoms with van der Waals surface area (Å²) in [6, 6.07) is 16.3. The molecule has 0 radical (unpaired) electrons. The summed E-state index contributed by atoms with van der Waals surface area (Å²) in [5.41, 5.74) is 2.21. The first kappa shape index (κ1) is 20.5. The number of ether oxygens (including phenoxy) is 3. The first-order valence-electron chi connectivity index (χ1n) is 10.5. The van der Waals surface area contributed by atoms with Gasteiger partial charge in [0.05, 0.1) is 13.2 Å². The first-order valence-corrected chi connectivity index (χ1v) is 10.5. The molecular weight excluding hydrogens is 350 g/mol. The van der Waals surface area contributed by atoms with E-state index in [2.05, 4.69) is 23.5 Å². The van der Waals surface area contributed by atoms with Gasteiger partial charge in [0.15, 0.2) is 0 Å². The van der Waals surface area contributed by atoms with Gasteiger partial charge in [0, 0.05) is 24.9 Å². The van der Waals surface area contributed by atoms with E-state index in [-0.39, 0.29) is 0 Å². The third-order valence-corrected chi connectivity index (χ3v) is 5.37. The Morgan fingerprint density at radius 3 is 2.43 bits per heavy atom. The fraction of sp³-hybridized carbons (Fsp3) is 0.500. The van der Waals surface area contributed by atoms with Crippen molar-refractivity contribution in [2.24, 2.45) is 5.92 Å². The SMILES string of the molecule is COCCOc1ccccc1CNc1ccc(OCCC2CCCCC2)cc1. The van der Waals surface area contributed by atoms with E-state index in [9.17, 15) is 0 Å². The number of methoxy groups -OCH3 is 1. The van der Waals surface area contributed by atoms with Gasteiger partial charge in [0.25, 0.3) is 0 Å². The lowest BCUT2D eigenvalue weighted by Gasteiger charge is -2.21. The van der Waals surface area contributed by atoms with Gasteiger partial charge in [-0.05, 0) is 42.7 Å². The second kappa shape index (κ2) is 11.6. The standard InChI is InChI=1S/C24H33NO3/c1-26-17-18-28-24-10-6-5-9-21(24)19-25-22-11-13-23(14-12-22)27-16-15-20-7-3-2-4-8-20/h5-6,9-14,20,25H,2-4,7-8,15-19H2,1H3. The molecule has 2 aromatic carbocycles. The third kappa shape index (κ3) is 6.75. The Morgan fingerprint density at radius 1 is 0.857 bits per heavy atom. The van der Waals surface area contributed by atoms with Crippen molar-refractivity contribution in [1.82, 2.24) is 0 Å². The Balaban J connectivity index is 1.43. The summed E-state index contributed by atoms with van der Waals surface area (Å²) in [6.45, 7) is 2.68. The molecular formula is C24H33NO3. The minimum atomic E-state index is 0.556. The maximum Gasteiger partial charge on any atom is 0.124 e. The maximum atomic E-state index is 5.94. The Morgan fingerprint density at radius 2 is 1.64 bits per heavy atom. The molecule has 152 valence electrons. The number of rotatable bonds is 11. The normalized spacial score (nSPS) is 14.6. The first-order chi connectivity index (χ1) is 13.8. The van der Waals surface area contributed by atoms with Crippen LogP contribution in [0, 0.1) is 5.92 Å². The molecule has 3 rings (SSSR count). The zero-order valence-electron chi connectivity index (χ0n) is 17.0. The highest BCUT2D eigenvalue weighted by atomic mass is 16.5. The Kier molecular flexibility index (Phi) is 8.51. The molecule has 4 heteroatoms. The monoisotopic (exact) mass is 383 g/mol. The molecule has 1 aliphatic carbocycles. The number of hydrogen-bond donors (Lipinski definition) is 1. The van der Waals surface area contributed by atoms with Crippen LogP contribution in [-0.2, 0) is 11.3 Å². The molecule has 0 aliphatic heterocycles. The fourth-order valence-corrected chi connectivity index (χ4v) is 3.71. The summed E-state index contributed by atoms with van der Waals surface area (Å²) in [5, 5.41) is 3.46. The highest BCUT2D eigenvalue weighted by Gasteiger charge is 2.13. The average molecular weight is 384 g/mol. The van der Waals surface area contributed by atoms with Gasteiger partial charge < -0.3 is 19.5 Å². The van der Waals surface area contributed by atoms with Crippen molar-refractivity contribution < 1.29 is 14.2 Å². The van der Waals surface area contributed by atoms with Crippen LogP contribution >= 0.6 is 0 Å². The van der Waals surface area contributed by atoms with E-state index in [0.29, 0.717) is 19.8 Å². The van der Waals surface area contributed by atoms with E-state index >= 15 is 0 Å². The van der Waals surface area contributed by atoms with Crippen molar-refractivity contribution in [2.45, 2.75) is 45.1 Å². The quantitative estimate of drug-likeness (QED) is 0.507. The molecule has 1 saturated carbocycles. The van der Waals surface area contributed by atoms with Gasteiger partial charge in [0.1, 0.15) is 18.1 Å². The predicted molar refractivity (Wildman–Crippen MR) is 114 cm³/mol. The molecule has 0 bridgehead atoms. The molecule has 0 aromatic heterocycles.